The summed E-state index contributed by atoms with van der Waals surface area (Å²) in [7, 11) is 0. The molecule has 0 heterocycles. The van der Waals surface area contributed by atoms with Crippen molar-refractivity contribution in [1.29, 1.82) is 0 Å². The van der Waals surface area contributed by atoms with Crippen LogP contribution in [0, 0.1) is 0 Å². The molecule has 0 aromatic heterocycles. The van der Waals surface area contributed by atoms with Gasteiger partial charge in [0.2, 0.25) is 0 Å². The summed E-state index contributed by atoms with van der Waals surface area (Å²) in [5.74, 6) is 3.16. The fourth-order valence-electron chi connectivity index (χ4n) is 17.6. The van der Waals surface area contributed by atoms with Crippen LogP contribution >= 0.6 is 0 Å². The van der Waals surface area contributed by atoms with Gasteiger partial charge in [-0.3, -0.25) is 0 Å². The summed E-state index contributed by atoms with van der Waals surface area (Å²) >= 11 is 0. The first-order valence-corrected chi connectivity index (χ1v) is 46.2. The van der Waals surface area contributed by atoms with Gasteiger partial charge in [0, 0.05) is 96.6 Å². The van der Waals surface area contributed by atoms with Crippen LogP contribution in [0.5, 0.6) is 126 Å². The summed E-state index contributed by atoms with van der Waals surface area (Å²) in [6.07, 6.45) is 4.44. The van der Waals surface area contributed by atoms with Crippen molar-refractivity contribution in [2.24, 2.45) is 0 Å². The van der Waals surface area contributed by atoms with Crippen molar-refractivity contribution in [2.45, 2.75) is 57.8 Å². The molecule has 726 valence electrons. The molecule has 0 radical (unpaired) electrons. The highest BCUT2D eigenvalue weighted by Crippen LogP contribution is 2.45. The summed E-state index contributed by atoms with van der Waals surface area (Å²) in [6.45, 7) is 0. The molecule has 145 heavy (non-hydrogen) atoms. The maximum absolute atomic E-state index is 11.0. The van der Waals surface area contributed by atoms with Crippen LogP contribution in [-0.4, -0.2) is 112 Å². The number of hydrogen-bond acceptors (Lipinski definition) is 22. The highest BCUT2D eigenvalue weighted by molar-refractivity contribution is 5.97. The molecular formula is C123H102O22. The molecule has 22 N–H and O–H groups in total. The minimum atomic E-state index is -0.239. The Bertz CT molecular complexity index is 8020. The monoisotopic (exact) mass is 1930 g/mol. The average molecular weight is 1930 g/mol. The van der Waals surface area contributed by atoms with Crippen LogP contribution in [0.4, 0.5) is 0 Å². The molecule has 21 aromatic carbocycles. The molecular weight excluding hydrogens is 1830 g/mol. The Hall–Kier alpha value is -19.2. The molecule has 0 bridgehead atoms. The second kappa shape index (κ2) is 44.3. The van der Waals surface area contributed by atoms with Crippen molar-refractivity contribution in [3.63, 3.8) is 0 Å². The smallest absolute Gasteiger partial charge is 0.165 e. The van der Waals surface area contributed by atoms with Crippen LogP contribution in [0.1, 0.15) is 100 Å². The SMILES string of the molecule is Oc1ccc(Cc2c(O)ccc3ccc(O)c(Cc4ccc(O)cc4)c23)cc1.Oc1ccc(Cc2c(O)ccc3ccc(O)c(O)c23)cc1.Oc1ccc(Cc2c(O)ccc3ccc(O)cc23)cc1.Oc1ccc(Cc2cc3ccc(O)c(Cc4ccc(O)cc4)c3cc2O)cc1.Oc1ccc(Cc2cc3ccc(O)cc3c(Cc3ccc(O)cc3)c2O)cc1.Oc1ccc(Cc2cc3ccc(O)cc3cc2O)cc1. The third-order valence-corrected chi connectivity index (χ3v) is 25.2. The molecule has 0 saturated heterocycles. The molecule has 0 aliphatic heterocycles. The molecule has 22 heteroatoms. The normalized spacial score (nSPS) is 10.9. The largest absolute Gasteiger partial charge is 0.508 e. The van der Waals surface area contributed by atoms with Crippen molar-refractivity contribution in [3.8, 4) is 126 Å². The fourth-order valence-corrected chi connectivity index (χ4v) is 17.6. The maximum atomic E-state index is 11.0. The van der Waals surface area contributed by atoms with Gasteiger partial charge in [-0.25, -0.2) is 0 Å². The van der Waals surface area contributed by atoms with Gasteiger partial charge in [-0.2, -0.15) is 0 Å². The number of aromatic hydroxyl groups is 22. The minimum Gasteiger partial charge on any atom is -0.508 e. The van der Waals surface area contributed by atoms with E-state index in [-0.39, 0.29) is 126 Å². The zero-order valence-corrected chi connectivity index (χ0v) is 78.0. The summed E-state index contributed by atoms with van der Waals surface area (Å²) in [5.41, 5.74) is 15.2. The van der Waals surface area contributed by atoms with Gasteiger partial charge < -0.3 is 112 Å². The number of benzene rings is 21. The lowest BCUT2D eigenvalue weighted by Crippen LogP contribution is -1.97. The van der Waals surface area contributed by atoms with Crippen molar-refractivity contribution in [2.75, 3.05) is 0 Å². The maximum Gasteiger partial charge on any atom is 0.165 e. The Labute approximate surface area is 832 Å². The van der Waals surface area contributed by atoms with Crippen LogP contribution in [-0.2, 0) is 57.8 Å². The standard InChI is InChI=1S/3C24H20O4.C17H14O4.2C17H14O3/c25-18-7-1-15(2-8-18)13-20-22(27)11-5-17-6-12-23(28)21(24(17)20)14-16-3-9-19(26)10-4-16;25-19-6-1-15(2-7-19)11-18-13-17-5-10-23(27)22(21(17)14-24(18)28)12-16-3-8-20(26)9-4-16;25-19-6-1-15(2-7-19)11-18-13-17-5-10-21(27)14-22(17)23(24(18)28)12-16-3-8-20(26)9-4-16;18-12-5-1-10(2-6-12)9-13-14(19)7-3-11-4-8-15(20)17(21)16(11)13;18-13-5-1-11(2-6-13)9-16-15-10-14(19)7-3-12(15)4-8-17(16)20;18-15-4-1-11(2-5-15)7-14-8-12-3-6-16(19)9-13(12)10-17(14)20/h1-12,25-28H,13-14H2;2*1-10,13-14,25-28H,11-12H2;1-8,18-21H,9H2;1-8,10,18-20H,9H2;1-6,8-10,18-20H,7H2. The molecule has 0 fully saturated rings. The second-order valence-corrected chi connectivity index (χ2v) is 35.4. The first kappa shape index (κ1) is 98.8. The quantitative estimate of drug-likeness (QED) is 0.0355. The first-order valence-electron chi connectivity index (χ1n) is 46.2. The Balaban J connectivity index is 0.000000125. The van der Waals surface area contributed by atoms with Gasteiger partial charge >= 0.3 is 0 Å². The number of rotatable bonds is 18. The Kier molecular flexibility index (Phi) is 30.2. The lowest BCUT2D eigenvalue weighted by atomic mass is 9.91. The van der Waals surface area contributed by atoms with E-state index in [4.69, 9.17) is 0 Å². The van der Waals surface area contributed by atoms with E-state index in [0.717, 1.165) is 154 Å². The molecule has 0 amide bonds. The third-order valence-electron chi connectivity index (χ3n) is 25.2. The summed E-state index contributed by atoms with van der Waals surface area (Å²) in [5, 5.41) is 227. The Morgan fingerprint density at radius 2 is 0.338 bits per heavy atom. The highest BCUT2D eigenvalue weighted by atomic mass is 16.3. The summed E-state index contributed by atoms with van der Waals surface area (Å²) in [4.78, 5) is 0. The van der Waals surface area contributed by atoms with E-state index in [2.05, 4.69) is 0 Å². The molecule has 0 spiro atoms. The number of phenolic OH excluding ortho intramolecular Hbond substituents is 22. The van der Waals surface area contributed by atoms with Crippen molar-refractivity contribution < 1.29 is 112 Å². The van der Waals surface area contributed by atoms with Gasteiger partial charge in [0.05, 0.1) is 0 Å². The first-order chi connectivity index (χ1) is 69.8. The van der Waals surface area contributed by atoms with Gasteiger partial charge in [-0.15, -0.1) is 0 Å². The molecule has 0 unspecified atom stereocenters. The highest BCUT2D eigenvalue weighted by Gasteiger charge is 2.22. The fraction of sp³-hybridized carbons (Fsp3) is 0.0732. The van der Waals surface area contributed by atoms with Gasteiger partial charge in [0.25, 0.3) is 0 Å². The summed E-state index contributed by atoms with van der Waals surface area (Å²) < 4.78 is 0. The zero-order valence-electron chi connectivity index (χ0n) is 78.0. The average Bonchev–Trinajstić information content (AvgIpc) is 0.772. The van der Waals surface area contributed by atoms with Crippen LogP contribution in [0.25, 0.3) is 64.6 Å². The van der Waals surface area contributed by atoms with E-state index >= 15 is 0 Å². The lowest BCUT2D eigenvalue weighted by molar-refractivity contribution is 0.407. The lowest BCUT2D eigenvalue weighted by Gasteiger charge is -2.15. The van der Waals surface area contributed by atoms with E-state index < -0.39 is 0 Å². The minimum absolute atomic E-state index is 0.0523. The van der Waals surface area contributed by atoms with Gasteiger partial charge in [-0.05, 0) is 338 Å². The Morgan fingerprint density at radius 3 is 0.697 bits per heavy atom. The van der Waals surface area contributed by atoms with Crippen LogP contribution < -0.4 is 0 Å². The van der Waals surface area contributed by atoms with E-state index in [0.29, 0.717) is 68.7 Å². The molecule has 0 aliphatic carbocycles. The number of hydrogen-bond donors (Lipinski definition) is 22. The molecule has 0 atom stereocenters. The van der Waals surface area contributed by atoms with Crippen LogP contribution in [0.3, 0.4) is 0 Å². The van der Waals surface area contributed by atoms with Crippen molar-refractivity contribution >= 4 is 64.6 Å². The van der Waals surface area contributed by atoms with Crippen LogP contribution in [0.15, 0.2) is 376 Å². The van der Waals surface area contributed by atoms with Gasteiger partial charge in [0.15, 0.2) is 11.5 Å². The topological polar surface area (TPSA) is 445 Å². The predicted octanol–water partition coefficient (Wildman–Crippen LogP) is 24.9. The molecule has 0 aliphatic rings. The van der Waals surface area contributed by atoms with Crippen LogP contribution in [0.2, 0.25) is 0 Å². The second-order valence-electron chi connectivity index (χ2n) is 35.4. The number of fused-ring (bicyclic) bond motifs is 6. The number of phenols is 22. The van der Waals surface area contributed by atoms with E-state index in [1.54, 1.807) is 212 Å². The predicted molar refractivity (Wildman–Crippen MR) is 564 cm³/mol. The summed E-state index contributed by atoms with van der Waals surface area (Å²) in [6, 6.07) is 106. The molecule has 0 saturated carbocycles. The third kappa shape index (κ3) is 24.7. The van der Waals surface area contributed by atoms with E-state index in [1.165, 1.54) is 6.07 Å². The van der Waals surface area contributed by atoms with E-state index in [9.17, 15) is 112 Å². The molecule has 22 nitrogen and oxygen atoms in total. The van der Waals surface area contributed by atoms with E-state index in [1.807, 2.05) is 158 Å². The van der Waals surface area contributed by atoms with Crippen molar-refractivity contribution in [1.82, 2.24) is 0 Å². The van der Waals surface area contributed by atoms with Gasteiger partial charge in [-0.1, -0.05) is 164 Å². The molecule has 21 rings (SSSR count). The molecule has 21 aromatic rings. The van der Waals surface area contributed by atoms with Gasteiger partial charge in [0.1, 0.15) is 115 Å². The Morgan fingerprint density at radius 1 is 0.117 bits per heavy atom. The zero-order chi connectivity index (χ0) is 102. The van der Waals surface area contributed by atoms with Crippen molar-refractivity contribution in [3.05, 3.63) is 476 Å².